The molecule has 1 heterocycles. The van der Waals surface area contributed by atoms with Gasteiger partial charge in [-0.15, -0.1) is 0 Å². The molecule has 58 heavy (non-hydrogen) atoms. The molecule has 0 aliphatic carbocycles. The minimum atomic E-state index is -4.60. The normalized spacial score (nSPS) is 20.7. The Morgan fingerprint density at radius 3 is 1.59 bits per heavy atom. The Kier molecular flexibility index (Phi) is 33.1. The number of carbonyl (C=O) groups is 2. The van der Waals surface area contributed by atoms with E-state index in [4.69, 9.17) is 18.9 Å². The van der Waals surface area contributed by atoms with Crippen LogP contribution in [0.5, 0.6) is 0 Å². The highest BCUT2D eigenvalue weighted by molar-refractivity contribution is 7.85. The fourth-order valence-electron chi connectivity index (χ4n) is 6.64. The van der Waals surface area contributed by atoms with Crippen molar-refractivity contribution in [2.45, 2.75) is 218 Å². The van der Waals surface area contributed by atoms with E-state index in [1.165, 1.54) is 70.6 Å². The van der Waals surface area contributed by atoms with E-state index in [2.05, 4.69) is 50.3 Å². The van der Waals surface area contributed by atoms with Crippen LogP contribution in [0.15, 0.2) is 36.5 Å². The molecule has 338 valence electrons. The molecule has 0 spiro atoms. The molecule has 1 fully saturated rings. The van der Waals surface area contributed by atoms with Crippen molar-refractivity contribution in [3.05, 3.63) is 36.5 Å². The zero-order valence-electron chi connectivity index (χ0n) is 35.9. The van der Waals surface area contributed by atoms with Crippen LogP contribution in [0.25, 0.3) is 0 Å². The molecule has 4 N–H and O–H groups in total. The van der Waals surface area contributed by atoms with Crippen LogP contribution in [0.2, 0.25) is 0 Å². The molecule has 1 aliphatic heterocycles. The average molecular weight is 845 g/mol. The largest absolute Gasteiger partial charge is 0.462 e. The first-order valence-corrected chi connectivity index (χ1v) is 24.2. The smallest absolute Gasteiger partial charge is 0.306 e. The topological polar surface area (TPSA) is 186 Å². The molecular formula is C45H80O12S. The Balaban J connectivity index is 2.46. The molecule has 0 amide bonds. The third kappa shape index (κ3) is 30.0. The van der Waals surface area contributed by atoms with Gasteiger partial charge in [0.1, 0.15) is 36.8 Å². The van der Waals surface area contributed by atoms with Gasteiger partial charge in [0.15, 0.2) is 12.4 Å². The lowest BCUT2D eigenvalue weighted by molar-refractivity contribution is -0.297. The highest BCUT2D eigenvalue weighted by Gasteiger charge is 2.46. The number of carbonyl (C=O) groups excluding carboxylic acids is 2. The molecule has 0 aromatic rings. The SMILES string of the molecule is CCCCC/C=C/C/C=C/CCCCCCCCCC(=O)O[C@H](COC(=O)CCCCC/C=C/CCCCCCCC)CO[C@H]1O[C@H](CS(=O)(=O)O)[C@@H](O)C(O)C1O. The summed E-state index contributed by atoms with van der Waals surface area (Å²) in [5.74, 6) is -2.01. The first-order chi connectivity index (χ1) is 28.0. The summed E-state index contributed by atoms with van der Waals surface area (Å²) < 4.78 is 54.0. The Hall–Kier alpha value is -2.13. The molecule has 0 aromatic heterocycles. The quantitative estimate of drug-likeness (QED) is 0.0202. The molecule has 6 atom stereocenters. The lowest BCUT2D eigenvalue weighted by Crippen LogP contribution is -2.60. The Morgan fingerprint density at radius 1 is 0.586 bits per heavy atom. The minimum Gasteiger partial charge on any atom is -0.462 e. The standard InChI is InChI=1S/C45H80O12S/c1-3-5-7-9-11-13-15-17-18-19-20-22-24-26-28-30-32-34-41(47)56-38(36-55-45-44(50)43(49)42(48)39(57-45)37-58(51,52)53)35-54-40(46)33-31-29-27-25-23-21-16-14-12-10-8-6-4-2/h11,13,17-18,21,23,38-39,42-45,48-50H,3-10,12,14-16,19-20,22,24-37H2,1-2H3,(H,51,52,53)/b13-11+,18-17+,23-21+/t38-,39-,42-,43?,44?,45+/m1/s1. The molecular weight excluding hydrogens is 765 g/mol. The van der Waals surface area contributed by atoms with E-state index in [1.54, 1.807) is 0 Å². The van der Waals surface area contributed by atoms with Gasteiger partial charge in [-0.2, -0.15) is 8.42 Å². The van der Waals surface area contributed by atoms with E-state index < -0.39 is 71.2 Å². The molecule has 0 aromatic carbocycles. The fraction of sp³-hybridized carbons (Fsp3) is 0.822. The predicted octanol–water partition coefficient (Wildman–Crippen LogP) is 9.00. The number of ether oxygens (including phenoxy) is 4. The second-order valence-corrected chi connectivity index (χ2v) is 17.2. The minimum absolute atomic E-state index is 0.152. The highest BCUT2D eigenvalue weighted by Crippen LogP contribution is 2.24. The van der Waals surface area contributed by atoms with Gasteiger partial charge in [-0.05, 0) is 70.6 Å². The molecule has 1 rings (SSSR count). The van der Waals surface area contributed by atoms with Gasteiger partial charge >= 0.3 is 11.9 Å². The maximum absolute atomic E-state index is 12.8. The summed E-state index contributed by atoms with van der Waals surface area (Å²) in [7, 11) is -4.60. The summed E-state index contributed by atoms with van der Waals surface area (Å²) in [5.41, 5.74) is 0. The molecule has 2 unspecified atom stereocenters. The van der Waals surface area contributed by atoms with Crippen LogP contribution in [-0.4, -0.2) is 96.0 Å². The van der Waals surface area contributed by atoms with Crippen LogP contribution < -0.4 is 0 Å². The van der Waals surface area contributed by atoms with Crippen LogP contribution in [0, 0.1) is 0 Å². The first-order valence-electron chi connectivity index (χ1n) is 22.5. The lowest BCUT2D eigenvalue weighted by atomic mass is 10.00. The summed E-state index contributed by atoms with van der Waals surface area (Å²) in [4.78, 5) is 25.4. The second-order valence-electron chi connectivity index (χ2n) is 15.7. The summed E-state index contributed by atoms with van der Waals surface area (Å²) in [5, 5.41) is 30.9. The van der Waals surface area contributed by atoms with E-state index in [1.807, 2.05) is 0 Å². The molecule has 13 heteroatoms. The first kappa shape index (κ1) is 53.9. The summed E-state index contributed by atoms with van der Waals surface area (Å²) in [6, 6.07) is 0. The third-order valence-electron chi connectivity index (χ3n) is 10.2. The number of allylic oxidation sites excluding steroid dienone is 6. The highest BCUT2D eigenvalue weighted by atomic mass is 32.2. The van der Waals surface area contributed by atoms with E-state index >= 15 is 0 Å². The van der Waals surface area contributed by atoms with Crippen molar-refractivity contribution in [1.82, 2.24) is 0 Å². The van der Waals surface area contributed by atoms with E-state index in [0.717, 1.165) is 70.6 Å². The van der Waals surface area contributed by atoms with Crippen LogP contribution in [0.1, 0.15) is 181 Å². The van der Waals surface area contributed by atoms with E-state index in [-0.39, 0.29) is 19.4 Å². The third-order valence-corrected chi connectivity index (χ3v) is 10.9. The second kappa shape index (κ2) is 35.6. The number of rotatable bonds is 37. The van der Waals surface area contributed by atoms with Gasteiger partial charge in [-0.3, -0.25) is 14.1 Å². The van der Waals surface area contributed by atoms with Gasteiger partial charge in [0.25, 0.3) is 10.1 Å². The van der Waals surface area contributed by atoms with Crippen LogP contribution in [0.4, 0.5) is 0 Å². The van der Waals surface area contributed by atoms with Crippen LogP contribution in [-0.2, 0) is 38.7 Å². The predicted molar refractivity (Wildman–Crippen MR) is 229 cm³/mol. The van der Waals surface area contributed by atoms with Crippen LogP contribution in [0.3, 0.4) is 0 Å². The van der Waals surface area contributed by atoms with Gasteiger partial charge in [-0.1, -0.05) is 134 Å². The van der Waals surface area contributed by atoms with Crippen molar-refractivity contribution in [2.75, 3.05) is 19.0 Å². The van der Waals surface area contributed by atoms with Crippen molar-refractivity contribution in [1.29, 1.82) is 0 Å². The van der Waals surface area contributed by atoms with Crippen molar-refractivity contribution >= 4 is 22.1 Å². The summed E-state index contributed by atoms with van der Waals surface area (Å²) in [6.45, 7) is 3.70. The van der Waals surface area contributed by atoms with Crippen molar-refractivity contribution < 1.29 is 56.8 Å². The Bertz CT molecular complexity index is 1220. The number of hydrogen-bond acceptors (Lipinski definition) is 11. The lowest BCUT2D eigenvalue weighted by Gasteiger charge is -2.40. The number of unbranched alkanes of at least 4 members (excludes halogenated alkanes) is 19. The van der Waals surface area contributed by atoms with Crippen molar-refractivity contribution in [3.8, 4) is 0 Å². The zero-order chi connectivity index (χ0) is 42.7. The summed E-state index contributed by atoms with van der Waals surface area (Å²) in [6.07, 6.45) is 30.4. The van der Waals surface area contributed by atoms with Crippen molar-refractivity contribution in [3.63, 3.8) is 0 Å². The molecule has 0 bridgehead atoms. The number of aliphatic hydroxyl groups excluding tert-OH is 3. The van der Waals surface area contributed by atoms with Crippen LogP contribution >= 0.6 is 0 Å². The monoisotopic (exact) mass is 845 g/mol. The Morgan fingerprint density at radius 2 is 1.03 bits per heavy atom. The van der Waals surface area contributed by atoms with E-state index in [0.29, 0.717) is 12.8 Å². The fourth-order valence-corrected chi connectivity index (χ4v) is 7.33. The number of hydrogen-bond donors (Lipinski definition) is 4. The average Bonchev–Trinajstić information content (AvgIpc) is 3.18. The molecule has 0 radical (unpaired) electrons. The molecule has 1 saturated heterocycles. The van der Waals surface area contributed by atoms with Crippen molar-refractivity contribution in [2.24, 2.45) is 0 Å². The molecule has 12 nitrogen and oxygen atoms in total. The van der Waals surface area contributed by atoms with Gasteiger partial charge in [0.05, 0.1) is 6.61 Å². The van der Waals surface area contributed by atoms with E-state index in [9.17, 15) is 37.9 Å². The molecule has 0 saturated carbocycles. The number of esters is 2. The van der Waals surface area contributed by atoms with Gasteiger partial charge in [0.2, 0.25) is 0 Å². The van der Waals surface area contributed by atoms with Gasteiger partial charge < -0.3 is 34.3 Å². The summed E-state index contributed by atoms with van der Waals surface area (Å²) >= 11 is 0. The molecule has 1 aliphatic rings. The number of aliphatic hydroxyl groups is 3. The Labute approximate surface area is 351 Å². The maximum Gasteiger partial charge on any atom is 0.306 e. The maximum atomic E-state index is 12.8. The zero-order valence-corrected chi connectivity index (χ0v) is 36.7. The van der Waals surface area contributed by atoms with Gasteiger partial charge in [-0.25, -0.2) is 0 Å². The van der Waals surface area contributed by atoms with Gasteiger partial charge in [0, 0.05) is 12.8 Å².